The number of alkyl halides is 2. The standard InChI is InChI=1S/C18H24F2N2O3/c1-11(13-5-7-18(19,20)8-6-13)21-17(23)22-12(2)14-3-4-15-16(9-14)25-10-24-15/h3-4,9,11-13H,5-8,10H2,1-2H3,(H2,21,22,23). The maximum absolute atomic E-state index is 13.2. The molecule has 25 heavy (non-hydrogen) atoms. The number of rotatable bonds is 4. The number of amides is 2. The molecule has 1 aliphatic carbocycles. The van der Waals surface area contributed by atoms with E-state index in [2.05, 4.69) is 10.6 Å². The highest BCUT2D eigenvalue weighted by atomic mass is 19.3. The Bertz CT molecular complexity index is 629. The van der Waals surface area contributed by atoms with Crippen molar-refractivity contribution in [2.75, 3.05) is 6.79 Å². The normalized spacial score (nSPS) is 21.4. The molecule has 0 radical (unpaired) electrons. The second-order valence-electron chi connectivity index (χ2n) is 6.93. The summed E-state index contributed by atoms with van der Waals surface area (Å²) in [6.45, 7) is 3.96. The van der Waals surface area contributed by atoms with E-state index >= 15 is 0 Å². The van der Waals surface area contributed by atoms with Crippen molar-refractivity contribution in [1.82, 2.24) is 10.6 Å². The fraction of sp³-hybridized carbons (Fsp3) is 0.611. The number of fused-ring (bicyclic) bond motifs is 1. The molecule has 1 aliphatic heterocycles. The lowest BCUT2D eigenvalue weighted by Gasteiger charge is -2.32. The van der Waals surface area contributed by atoms with Crippen molar-refractivity contribution in [1.29, 1.82) is 0 Å². The number of hydrogen-bond donors (Lipinski definition) is 2. The first kappa shape index (κ1) is 17.8. The molecular formula is C18H24F2N2O3. The molecule has 1 heterocycles. The van der Waals surface area contributed by atoms with E-state index < -0.39 is 5.92 Å². The average Bonchev–Trinajstić information content (AvgIpc) is 3.01. The molecule has 1 aromatic carbocycles. The molecule has 0 aromatic heterocycles. The fourth-order valence-electron chi connectivity index (χ4n) is 3.39. The minimum Gasteiger partial charge on any atom is -0.454 e. The number of nitrogens with one attached hydrogen (secondary N) is 2. The number of urea groups is 1. The summed E-state index contributed by atoms with van der Waals surface area (Å²) in [4.78, 5) is 12.2. The summed E-state index contributed by atoms with van der Waals surface area (Å²) in [5.41, 5.74) is 0.907. The number of benzene rings is 1. The summed E-state index contributed by atoms with van der Waals surface area (Å²) in [5.74, 6) is -1.09. The second-order valence-corrected chi connectivity index (χ2v) is 6.93. The van der Waals surface area contributed by atoms with Gasteiger partial charge in [0.2, 0.25) is 12.7 Å². The minimum absolute atomic E-state index is 0.0891. The summed E-state index contributed by atoms with van der Waals surface area (Å²) >= 11 is 0. The van der Waals surface area contributed by atoms with E-state index in [1.807, 2.05) is 32.0 Å². The Kier molecular flexibility index (Phi) is 5.01. The third-order valence-electron chi connectivity index (χ3n) is 5.07. The molecule has 138 valence electrons. The summed E-state index contributed by atoms with van der Waals surface area (Å²) in [6, 6.07) is 4.90. The van der Waals surface area contributed by atoms with Crippen LogP contribution in [0.5, 0.6) is 11.5 Å². The molecule has 5 nitrogen and oxygen atoms in total. The fourth-order valence-corrected chi connectivity index (χ4v) is 3.39. The second kappa shape index (κ2) is 7.06. The first-order valence-electron chi connectivity index (χ1n) is 8.68. The maximum Gasteiger partial charge on any atom is 0.315 e. The summed E-state index contributed by atoms with van der Waals surface area (Å²) in [6.07, 6.45) is 0.677. The van der Waals surface area contributed by atoms with Gasteiger partial charge < -0.3 is 20.1 Å². The van der Waals surface area contributed by atoms with Gasteiger partial charge in [0.15, 0.2) is 11.5 Å². The number of carbonyl (C=O) groups excluding carboxylic acids is 1. The van der Waals surface area contributed by atoms with Crippen LogP contribution in [0.2, 0.25) is 0 Å². The number of halogens is 2. The molecule has 1 fully saturated rings. The van der Waals surface area contributed by atoms with E-state index in [1.54, 1.807) is 0 Å². The van der Waals surface area contributed by atoms with Gasteiger partial charge in [0.1, 0.15) is 0 Å². The minimum atomic E-state index is -2.55. The first-order valence-corrected chi connectivity index (χ1v) is 8.68. The van der Waals surface area contributed by atoms with Crippen molar-refractivity contribution in [2.24, 2.45) is 5.92 Å². The Balaban J connectivity index is 1.50. The number of carbonyl (C=O) groups is 1. The SMILES string of the molecule is CC(NC(=O)NC(C)C1CCC(F)(F)CC1)c1ccc2c(c1)OCO2. The molecule has 1 aromatic rings. The Morgan fingerprint density at radius 1 is 1.16 bits per heavy atom. The van der Waals surface area contributed by atoms with Crippen molar-refractivity contribution in [3.8, 4) is 11.5 Å². The number of hydrogen-bond acceptors (Lipinski definition) is 3. The van der Waals surface area contributed by atoms with Crippen molar-refractivity contribution >= 4 is 6.03 Å². The van der Waals surface area contributed by atoms with Crippen LogP contribution in [0.3, 0.4) is 0 Å². The van der Waals surface area contributed by atoms with Gasteiger partial charge in [-0.15, -0.1) is 0 Å². The lowest BCUT2D eigenvalue weighted by Crippen LogP contribution is -2.46. The van der Waals surface area contributed by atoms with E-state index in [9.17, 15) is 13.6 Å². The molecule has 2 unspecified atom stereocenters. The van der Waals surface area contributed by atoms with E-state index in [1.165, 1.54) is 0 Å². The third kappa shape index (κ3) is 4.32. The molecule has 3 rings (SSSR count). The van der Waals surface area contributed by atoms with Crippen molar-refractivity contribution in [2.45, 2.75) is 57.5 Å². The first-order chi connectivity index (χ1) is 11.8. The van der Waals surface area contributed by atoms with Gasteiger partial charge in [-0.05, 0) is 50.3 Å². The van der Waals surface area contributed by atoms with Crippen molar-refractivity contribution < 1.29 is 23.0 Å². The van der Waals surface area contributed by atoms with Crippen LogP contribution in [0.25, 0.3) is 0 Å². The van der Waals surface area contributed by atoms with Crippen LogP contribution in [0.15, 0.2) is 18.2 Å². The van der Waals surface area contributed by atoms with E-state index in [4.69, 9.17) is 9.47 Å². The zero-order chi connectivity index (χ0) is 18.0. The molecule has 0 spiro atoms. The molecule has 0 saturated heterocycles. The lowest BCUT2D eigenvalue weighted by molar-refractivity contribution is -0.0484. The highest BCUT2D eigenvalue weighted by molar-refractivity contribution is 5.74. The monoisotopic (exact) mass is 354 g/mol. The van der Waals surface area contributed by atoms with Crippen LogP contribution < -0.4 is 20.1 Å². The summed E-state index contributed by atoms with van der Waals surface area (Å²) in [5, 5.41) is 5.76. The van der Waals surface area contributed by atoms with E-state index in [-0.39, 0.29) is 43.7 Å². The van der Waals surface area contributed by atoms with Crippen LogP contribution in [-0.2, 0) is 0 Å². The molecule has 2 amide bonds. The predicted octanol–water partition coefficient (Wildman–Crippen LogP) is 3.99. The van der Waals surface area contributed by atoms with Gasteiger partial charge in [-0.25, -0.2) is 13.6 Å². The topological polar surface area (TPSA) is 59.6 Å². The molecule has 7 heteroatoms. The zero-order valence-electron chi connectivity index (χ0n) is 14.5. The molecule has 2 atom stereocenters. The van der Waals surface area contributed by atoms with Crippen LogP contribution >= 0.6 is 0 Å². The van der Waals surface area contributed by atoms with Gasteiger partial charge in [0.05, 0.1) is 6.04 Å². The highest BCUT2D eigenvalue weighted by Crippen LogP contribution is 2.37. The quantitative estimate of drug-likeness (QED) is 0.859. The largest absolute Gasteiger partial charge is 0.454 e. The molecule has 2 aliphatic rings. The molecule has 0 bridgehead atoms. The molecule has 1 saturated carbocycles. The zero-order valence-corrected chi connectivity index (χ0v) is 14.5. The maximum atomic E-state index is 13.2. The smallest absolute Gasteiger partial charge is 0.315 e. The Hall–Kier alpha value is -2.05. The average molecular weight is 354 g/mol. The van der Waals surface area contributed by atoms with Gasteiger partial charge in [-0.1, -0.05) is 6.07 Å². The Morgan fingerprint density at radius 3 is 2.56 bits per heavy atom. The Morgan fingerprint density at radius 2 is 1.84 bits per heavy atom. The summed E-state index contributed by atoms with van der Waals surface area (Å²) < 4.78 is 37.1. The van der Waals surface area contributed by atoms with Crippen molar-refractivity contribution in [3.63, 3.8) is 0 Å². The molecule has 2 N–H and O–H groups in total. The van der Waals surface area contributed by atoms with Crippen LogP contribution in [-0.4, -0.2) is 24.8 Å². The van der Waals surface area contributed by atoms with Gasteiger partial charge in [-0.2, -0.15) is 0 Å². The van der Waals surface area contributed by atoms with Crippen LogP contribution in [0.1, 0.15) is 51.1 Å². The summed E-state index contributed by atoms with van der Waals surface area (Å²) in [7, 11) is 0. The van der Waals surface area contributed by atoms with Crippen LogP contribution in [0.4, 0.5) is 13.6 Å². The van der Waals surface area contributed by atoms with Gasteiger partial charge in [0, 0.05) is 18.9 Å². The number of ether oxygens (including phenoxy) is 2. The molecular weight excluding hydrogens is 330 g/mol. The highest BCUT2D eigenvalue weighted by Gasteiger charge is 2.36. The predicted molar refractivity (Wildman–Crippen MR) is 89.0 cm³/mol. The van der Waals surface area contributed by atoms with E-state index in [0.717, 1.165) is 5.56 Å². The van der Waals surface area contributed by atoms with Crippen LogP contribution in [0, 0.1) is 5.92 Å². The van der Waals surface area contributed by atoms with Gasteiger partial charge in [-0.3, -0.25) is 0 Å². The van der Waals surface area contributed by atoms with Crippen molar-refractivity contribution in [3.05, 3.63) is 23.8 Å². The van der Waals surface area contributed by atoms with E-state index in [0.29, 0.717) is 24.3 Å². The lowest BCUT2D eigenvalue weighted by atomic mass is 9.82. The van der Waals surface area contributed by atoms with Gasteiger partial charge >= 0.3 is 6.03 Å². The third-order valence-corrected chi connectivity index (χ3v) is 5.07. The van der Waals surface area contributed by atoms with Gasteiger partial charge in [0.25, 0.3) is 0 Å². The Labute approximate surface area is 146 Å².